The van der Waals surface area contributed by atoms with E-state index in [1.54, 1.807) is 0 Å². The van der Waals surface area contributed by atoms with Crippen LogP contribution in [-0.4, -0.2) is 33.8 Å². The lowest BCUT2D eigenvalue weighted by molar-refractivity contribution is -0.141. The van der Waals surface area contributed by atoms with E-state index in [2.05, 4.69) is 45.8 Å². The molecule has 6 heteroatoms. The van der Waals surface area contributed by atoms with Crippen LogP contribution in [0, 0.1) is 5.92 Å². The minimum Gasteiger partial charge on any atom is -0.481 e. The summed E-state index contributed by atoms with van der Waals surface area (Å²) in [5, 5.41) is 17.2. The number of carbonyl (C=O) groups is 1. The molecule has 6 nitrogen and oxygen atoms in total. The second-order valence-electron chi connectivity index (χ2n) is 8.52. The van der Waals surface area contributed by atoms with Gasteiger partial charge in [-0.1, -0.05) is 35.5 Å². The molecule has 27 heavy (non-hydrogen) atoms. The van der Waals surface area contributed by atoms with Gasteiger partial charge in [0.05, 0.1) is 5.92 Å². The average molecular weight is 367 g/mol. The first-order valence-corrected chi connectivity index (χ1v) is 10.00. The van der Waals surface area contributed by atoms with Gasteiger partial charge in [0.2, 0.25) is 5.89 Å². The average Bonchev–Trinajstić information content (AvgIpc) is 3.52. The highest BCUT2D eigenvalue weighted by Gasteiger charge is 2.50. The molecule has 0 bridgehead atoms. The van der Waals surface area contributed by atoms with Crippen molar-refractivity contribution in [1.29, 1.82) is 0 Å². The van der Waals surface area contributed by atoms with Crippen molar-refractivity contribution in [2.45, 2.75) is 61.8 Å². The first kappa shape index (κ1) is 16.9. The zero-order valence-corrected chi connectivity index (χ0v) is 15.3. The molecule has 3 saturated carbocycles. The first-order valence-electron chi connectivity index (χ1n) is 10.00. The largest absolute Gasteiger partial charge is 0.481 e. The quantitative estimate of drug-likeness (QED) is 0.781. The Labute approximate surface area is 158 Å². The maximum atomic E-state index is 11.2. The van der Waals surface area contributed by atoms with Gasteiger partial charge in [0.25, 0.3) is 0 Å². The third kappa shape index (κ3) is 3.27. The van der Waals surface area contributed by atoms with Crippen LogP contribution in [0.5, 0.6) is 0 Å². The van der Waals surface area contributed by atoms with Crippen LogP contribution in [-0.2, 0) is 10.2 Å². The van der Waals surface area contributed by atoms with Gasteiger partial charge in [-0.3, -0.25) is 4.79 Å². The maximum absolute atomic E-state index is 11.2. The zero-order valence-electron chi connectivity index (χ0n) is 15.3. The van der Waals surface area contributed by atoms with Crippen LogP contribution in [0.4, 0.5) is 0 Å². The monoisotopic (exact) mass is 367 g/mol. The van der Waals surface area contributed by atoms with Crippen LogP contribution in [0.3, 0.4) is 0 Å². The summed E-state index contributed by atoms with van der Waals surface area (Å²) < 4.78 is 5.53. The number of benzene rings is 1. The van der Waals surface area contributed by atoms with Crippen LogP contribution < -0.4 is 5.32 Å². The Bertz CT molecular complexity index is 830. The summed E-state index contributed by atoms with van der Waals surface area (Å²) in [6, 6.07) is 11.2. The first-order chi connectivity index (χ1) is 13.1. The number of carboxylic acid groups (broad SMARTS) is 1. The molecule has 0 radical (unpaired) electrons. The molecule has 2 aromatic rings. The summed E-state index contributed by atoms with van der Waals surface area (Å²) in [4.78, 5) is 15.8. The van der Waals surface area contributed by atoms with Crippen molar-refractivity contribution in [2.24, 2.45) is 5.92 Å². The van der Waals surface area contributed by atoms with Gasteiger partial charge in [-0.25, -0.2) is 0 Å². The van der Waals surface area contributed by atoms with E-state index < -0.39 is 5.97 Å². The molecule has 4 atom stereocenters. The van der Waals surface area contributed by atoms with Gasteiger partial charge >= 0.3 is 5.97 Å². The summed E-state index contributed by atoms with van der Waals surface area (Å²) in [7, 11) is 0. The van der Waals surface area contributed by atoms with Crippen LogP contribution in [0.25, 0.3) is 0 Å². The van der Waals surface area contributed by atoms with Crippen molar-refractivity contribution < 1.29 is 14.4 Å². The Morgan fingerprint density at radius 1 is 1.22 bits per heavy atom. The minimum absolute atomic E-state index is 0.0103. The van der Waals surface area contributed by atoms with E-state index in [0.29, 0.717) is 30.7 Å². The normalized spacial score (nSPS) is 31.0. The van der Waals surface area contributed by atoms with Crippen LogP contribution in [0.2, 0.25) is 0 Å². The highest BCUT2D eigenvalue weighted by atomic mass is 16.5. The predicted octanol–water partition coefficient (Wildman–Crippen LogP) is 3.22. The Morgan fingerprint density at radius 3 is 2.74 bits per heavy atom. The van der Waals surface area contributed by atoms with Crippen molar-refractivity contribution >= 4 is 5.97 Å². The fraction of sp³-hybridized carbons (Fsp3) is 0.571. The van der Waals surface area contributed by atoms with Gasteiger partial charge in [0, 0.05) is 29.8 Å². The van der Waals surface area contributed by atoms with Gasteiger partial charge in [-0.05, 0) is 44.1 Å². The molecule has 3 fully saturated rings. The Balaban J connectivity index is 1.19. The molecule has 142 valence electrons. The molecule has 0 amide bonds. The van der Waals surface area contributed by atoms with Gasteiger partial charge < -0.3 is 14.9 Å². The standard InChI is InChI=1S/C21H25N3O3/c25-19(26)15-7-6-14(10-15)18-23-20(24-27-18)21(8-9-21)12-22-17-11-16(17)13-4-2-1-3-5-13/h1-5,14-17,22H,6-12H2,(H,25,26)/t14-,15+,16+,17-/m0/s1. The molecule has 5 rings (SSSR count). The van der Waals surface area contributed by atoms with E-state index in [9.17, 15) is 9.90 Å². The predicted molar refractivity (Wildman–Crippen MR) is 98.5 cm³/mol. The maximum Gasteiger partial charge on any atom is 0.306 e. The molecule has 0 saturated heterocycles. The molecule has 1 aromatic carbocycles. The van der Waals surface area contributed by atoms with Crippen LogP contribution >= 0.6 is 0 Å². The molecule has 1 aromatic heterocycles. The lowest BCUT2D eigenvalue weighted by atomic mass is 10.0. The van der Waals surface area contributed by atoms with Gasteiger partial charge in [-0.15, -0.1) is 0 Å². The topological polar surface area (TPSA) is 88.2 Å². The third-order valence-corrected chi connectivity index (χ3v) is 6.62. The van der Waals surface area contributed by atoms with Crippen molar-refractivity contribution in [2.75, 3.05) is 6.54 Å². The number of hydrogen-bond donors (Lipinski definition) is 2. The number of aromatic nitrogens is 2. The fourth-order valence-corrected chi connectivity index (χ4v) is 4.49. The van der Waals surface area contributed by atoms with Crippen molar-refractivity contribution in [1.82, 2.24) is 15.5 Å². The van der Waals surface area contributed by atoms with Crippen molar-refractivity contribution in [3.05, 3.63) is 47.6 Å². The van der Waals surface area contributed by atoms with Gasteiger partial charge in [0.1, 0.15) is 0 Å². The fourth-order valence-electron chi connectivity index (χ4n) is 4.49. The van der Waals surface area contributed by atoms with E-state index >= 15 is 0 Å². The number of rotatable bonds is 7. The number of nitrogens with zero attached hydrogens (tertiary/aromatic N) is 2. The summed E-state index contributed by atoms with van der Waals surface area (Å²) in [6.07, 6.45) is 5.51. The zero-order chi connectivity index (χ0) is 18.4. The number of carboxylic acids is 1. The van der Waals surface area contributed by atoms with Crippen LogP contribution in [0.15, 0.2) is 34.9 Å². The summed E-state index contributed by atoms with van der Waals surface area (Å²) in [5.41, 5.74) is 1.42. The van der Waals surface area contributed by atoms with E-state index in [1.807, 2.05) is 0 Å². The summed E-state index contributed by atoms with van der Waals surface area (Å²) in [5.74, 6) is 1.18. The molecule has 3 aliphatic rings. The molecular weight excluding hydrogens is 342 g/mol. The highest BCUT2D eigenvalue weighted by molar-refractivity contribution is 5.70. The van der Waals surface area contributed by atoms with E-state index in [-0.39, 0.29) is 17.3 Å². The number of hydrogen-bond acceptors (Lipinski definition) is 5. The lowest BCUT2D eigenvalue weighted by Gasteiger charge is -2.12. The molecule has 2 N–H and O–H groups in total. The van der Waals surface area contributed by atoms with Crippen molar-refractivity contribution in [3.63, 3.8) is 0 Å². The second-order valence-corrected chi connectivity index (χ2v) is 8.52. The SMILES string of the molecule is O=C(O)[C@@H]1CC[C@H](c2nc(C3(CN[C@H]4C[C@@H]4c4ccccc4)CC3)no2)C1. The van der Waals surface area contributed by atoms with Gasteiger partial charge in [-0.2, -0.15) is 4.98 Å². The second kappa shape index (κ2) is 6.44. The minimum atomic E-state index is -0.711. The van der Waals surface area contributed by atoms with Gasteiger partial charge in [0.15, 0.2) is 5.82 Å². The smallest absolute Gasteiger partial charge is 0.306 e. The molecule has 0 unspecified atom stereocenters. The Morgan fingerprint density at radius 2 is 2.04 bits per heavy atom. The number of nitrogens with one attached hydrogen (secondary N) is 1. The summed E-state index contributed by atoms with van der Waals surface area (Å²) >= 11 is 0. The Hall–Kier alpha value is -2.21. The highest BCUT2D eigenvalue weighted by Crippen LogP contribution is 2.49. The van der Waals surface area contributed by atoms with E-state index in [4.69, 9.17) is 4.52 Å². The van der Waals surface area contributed by atoms with Crippen LogP contribution in [0.1, 0.15) is 67.6 Å². The summed E-state index contributed by atoms with van der Waals surface area (Å²) in [6.45, 7) is 0.891. The molecule has 0 spiro atoms. The molecular formula is C21H25N3O3. The molecule has 1 heterocycles. The van der Waals surface area contributed by atoms with E-state index in [0.717, 1.165) is 31.6 Å². The molecule has 0 aliphatic heterocycles. The lowest BCUT2D eigenvalue weighted by Crippen LogP contribution is -2.30. The molecule has 3 aliphatic carbocycles. The Kier molecular flexibility index (Phi) is 4.04. The number of aliphatic carboxylic acids is 1. The van der Waals surface area contributed by atoms with Crippen molar-refractivity contribution in [3.8, 4) is 0 Å². The van der Waals surface area contributed by atoms with E-state index in [1.165, 1.54) is 12.0 Å². The third-order valence-electron chi connectivity index (χ3n) is 6.62.